The van der Waals surface area contributed by atoms with Gasteiger partial charge in [-0.15, -0.1) is 11.3 Å². The standard InChI is InChI=1S/C13H14N2O3S2/c1-18-11(16)3-2-5-14-12(17)10-8-20-13(15-10)9-4-6-19-7-9/h4,6-8H,2-3,5H2,1H3,(H,14,17). The minimum Gasteiger partial charge on any atom is -0.469 e. The molecule has 7 heteroatoms. The summed E-state index contributed by atoms with van der Waals surface area (Å²) in [6, 6.07) is 1.97. The third-order valence-corrected chi connectivity index (χ3v) is 4.15. The third kappa shape index (κ3) is 3.88. The molecule has 2 rings (SSSR count). The Hall–Kier alpha value is -1.73. The van der Waals surface area contributed by atoms with Crippen LogP contribution in [0.2, 0.25) is 0 Å². The average Bonchev–Trinajstić information content (AvgIpc) is 3.12. The number of hydrogen-bond acceptors (Lipinski definition) is 6. The molecule has 0 aromatic carbocycles. The van der Waals surface area contributed by atoms with Gasteiger partial charge < -0.3 is 10.1 Å². The lowest BCUT2D eigenvalue weighted by Gasteiger charge is -2.02. The van der Waals surface area contributed by atoms with Crippen LogP contribution >= 0.6 is 22.7 Å². The Morgan fingerprint density at radius 2 is 2.25 bits per heavy atom. The quantitative estimate of drug-likeness (QED) is 0.657. The van der Waals surface area contributed by atoms with Gasteiger partial charge >= 0.3 is 5.97 Å². The Kier molecular flexibility index (Phi) is 5.25. The molecule has 0 unspecified atom stereocenters. The van der Waals surface area contributed by atoms with E-state index >= 15 is 0 Å². The molecular weight excluding hydrogens is 296 g/mol. The Labute approximate surface area is 124 Å². The molecule has 0 fully saturated rings. The summed E-state index contributed by atoms with van der Waals surface area (Å²) in [7, 11) is 1.35. The van der Waals surface area contributed by atoms with E-state index in [0.29, 0.717) is 25.1 Å². The van der Waals surface area contributed by atoms with E-state index in [0.717, 1.165) is 10.6 Å². The number of amides is 1. The van der Waals surface area contributed by atoms with Crippen LogP contribution in [0.3, 0.4) is 0 Å². The van der Waals surface area contributed by atoms with E-state index in [1.807, 2.05) is 16.8 Å². The number of methoxy groups -OCH3 is 1. The predicted octanol–water partition coefficient (Wildman–Crippen LogP) is 2.55. The van der Waals surface area contributed by atoms with E-state index < -0.39 is 0 Å². The molecule has 0 aliphatic rings. The highest BCUT2D eigenvalue weighted by Crippen LogP contribution is 2.25. The third-order valence-electron chi connectivity index (χ3n) is 2.58. The first kappa shape index (κ1) is 14.7. The summed E-state index contributed by atoms with van der Waals surface area (Å²) in [4.78, 5) is 27.1. The molecular formula is C13H14N2O3S2. The normalized spacial score (nSPS) is 10.2. The lowest BCUT2D eigenvalue weighted by Crippen LogP contribution is -2.25. The van der Waals surface area contributed by atoms with E-state index in [-0.39, 0.29) is 11.9 Å². The zero-order valence-electron chi connectivity index (χ0n) is 10.9. The number of esters is 1. The fourth-order valence-electron chi connectivity index (χ4n) is 1.52. The van der Waals surface area contributed by atoms with Crippen LogP contribution in [-0.4, -0.2) is 30.5 Å². The number of carbonyl (C=O) groups is 2. The van der Waals surface area contributed by atoms with Gasteiger partial charge in [0.15, 0.2) is 0 Å². The molecule has 5 nitrogen and oxygen atoms in total. The number of nitrogens with zero attached hydrogens (tertiary/aromatic N) is 1. The van der Waals surface area contributed by atoms with Crippen molar-refractivity contribution in [2.75, 3.05) is 13.7 Å². The van der Waals surface area contributed by atoms with Crippen LogP contribution in [0.4, 0.5) is 0 Å². The van der Waals surface area contributed by atoms with Gasteiger partial charge in [0, 0.05) is 29.3 Å². The maximum absolute atomic E-state index is 11.9. The van der Waals surface area contributed by atoms with Gasteiger partial charge in [-0.1, -0.05) is 0 Å². The van der Waals surface area contributed by atoms with Crippen LogP contribution in [0.15, 0.2) is 22.2 Å². The van der Waals surface area contributed by atoms with Gasteiger partial charge in [-0.25, -0.2) is 4.98 Å². The summed E-state index contributed by atoms with van der Waals surface area (Å²) in [6.07, 6.45) is 0.855. The van der Waals surface area contributed by atoms with E-state index in [1.54, 1.807) is 16.7 Å². The van der Waals surface area contributed by atoms with Crippen molar-refractivity contribution in [2.24, 2.45) is 0 Å². The fourth-order valence-corrected chi connectivity index (χ4v) is 3.04. The van der Waals surface area contributed by atoms with Crippen molar-refractivity contribution in [1.29, 1.82) is 0 Å². The number of rotatable bonds is 6. The summed E-state index contributed by atoms with van der Waals surface area (Å²) >= 11 is 3.04. The van der Waals surface area contributed by atoms with Crippen molar-refractivity contribution in [3.63, 3.8) is 0 Å². The number of thiazole rings is 1. The molecule has 0 atom stereocenters. The van der Waals surface area contributed by atoms with Crippen LogP contribution in [0.1, 0.15) is 23.3 Å². The van der Waals surface area contributed by atoms with Gasteiger partial charge in [0.2, 0.25) is 0 Å². The van der Waals surface area contributed by atoms with Crippen molar-refractivity contribution in [1.82, 2.24) is 10.3 Å². The largest absolute Gasteiger partial charge is 0.469 e. The van der Waals surface area contributed by atoms with Crippen molar-refractivity contribution in [2.45, 2.75) is 12.8 Å². The van der Waals surface area contributed by atoms with Crippen molar-refractivity contribution < 1.29 is 14.3 Å². The Morgan fingerprint density at radius 3 is 2.95 bits per heavy atom. The highest BCUT2D eigenvalue weighted by atomic mass is 32.1. The second-order valence-electron chi connectivity index (χ2n) is 3.99. The lowest BCUT2D eigenvalue weighted by atomic mass is 10.3. The molecule has 1 N–H and O–H groups in total. The van der Waals surface area contributed by atoms with E-state index in [2.05, 4.69) is 15.0 Å². The maximum atomic E-state index is 11.9. The molecule has 0 saturated carbocycles. The van der Waals surface area contributed by atoms with Gasteiger partial charge in [-0.2, -0.15) is 11.3 Å². The smallest absolute Gasteiger partial charge is 0.305 e. The number of aromatic nitrogens is 1. The van der Waals surface area contributed by atoms with Gasteiger partial charge in [-0.05, 0) is 17.9 Å². The molecule has 2 aromatic rings. The van der Waals surface area contributed by atoms with E-state index in [1.165, 1.54) is 18.4 Å². The molecule has 1 amide bonds. The second-order valence-corrected chi connectivity index (χ2v) is 5.62. The maximum Gasteiger partial charge on any atom is 0.305 e. The number of hydrogen-bond donors (Lipinski definition) is 1. The van der Waals surface area contributed by atoms with Crippen LogP contribution < -0.4 is 5.32 Å². The van der Waals surface area contributed by atoms with Crippen LogP contribution in [-0.2, 0) is 9.53 Å². The van der Waals surface area contributed by atoms with E-state index in [4.69, 9.17) is 0 Å². The average molecular weight is 310 g/mol. The summed E-state index contributed by atoms with van der Waals surface area (Å²) in [5.74, 6) is -0.486. The summed E-state index contributed by atoms with van der Waals surface area (Å²) < 4.78 is 4.53. The topological polar surface area (TPSA) is 68.3 Å². The first-order valence-electron chi connectivity index (χ1n) is 6.04. The van der Waals surface area contributed by atoms with Gasteiger partial charge in [0.05, 0.1) is 7.11 Å². The molecule has 2 aromatic heterocycles. The monoisotopic (exact) mass is 310 g/mol. The predicted molar refractivity (Wildman–Crippen MR) is 79.0 cm³/mol. The second kappa shape index (κ2) is 7.16. The molecule has 0 radical (unpaired) electrons. The Morgan fingerprint density at radius 1 is 1.40 bits per heavy atom. The highest BCUT2D eigenvalue weighted by molar-refractivity contribution is 7.14. The van der Waals surface area contributed by atoms with Crippen LogP contribution in [0.5, 0.6) is 0 Å². The Bertz CT molecular complexity index is 578. The molecule has 0 bridgehead atoms. The molecule has 2 heterocycles. The molecule has 0 aliphatic carbocycles. The SMILES string of the molecule is COC(=O)CCCNC(=O)c1csc(-c2ccsc2)n1. The van der Waals surface area contributed by atoms with Crippen LogP contribution in [0, 0.1) is 0 Å². The highest BCUT2D eigenvalue weighted by Gasteiger charge is 2.11. The molecule has 106 valence electrons. The number of ether oxygens (including phenoxy) is 1. The molecule has 0 spiro atoms. The van der Waals surface area contributed by atoms with Crippen molar-refractivity contribution in [3.8, 4) is 10.6 Å². The fraction of sp³-hybridized carbons (Fsp3) is 0.308. The lowest BCUT2D eigenvalue weighted by molar-refractivity contribution is -0.140. The molecule has 20 heavy (non-hydrogen) atoms. The van der Waals surface area contributed by atoms with E-state index in [9.17, 15) is 9.59 Å². The first-order chi connectivity index (χ1) is 9.70. The summed E-state index contributed by atoms with van der Waals surface area (Å²) in [6.45, 7) is 0.430. The molecule has 0 saturated heterocycles. The summed E-state index contributed by atoms with van der Waals surface area (Å²) in [5.41, 5.74) is 1.44. The van der Waals surface area contributed by atoms with Gasteiger partial charge in [0.1, 0.15) is 10.7 Å². The van der Waals surface area contributed by atoms with Crippen molar-refractivity contribution in [3.05, 3.63) is 27.9 Å². The molecule has 0 aliphatic heterocycles. The summed E-state index contributed by atoms with van der Waals surface area (Å²) in [5, 5.41) is 9.29. The van der Waals surface area contributed by atoms with Crippen LogP contribution in [0.25, 0.3) is 10.6 Å². The number of carbonyl (C=O) groups excluding carboxylic acids is 2. The zero-order chi connectivity index (χ0) is 14.4. The zero-order valence-corrected chi connectivity index (χ0v) is 12.6. The minimum atomic E-state index is -0.271. The number of thiophene rings is 1. The Balaban J connectivity index is 1.83. The van der Waals surface area contributed by atoms with Crippen molar-refractivity contribution >= 4 is 34.6 Å². The van der Waals surface area contributed by atoms with Gasteiger partial charge in [0.25, 0.3) is 5.91 Å². The minimum absolute atomic E-state index is 0.215. The number of nitrogens with one attached hydrogen (secondary N) is 1. The first-order valence-corrected chi connectivity index (χ1v) is 7.86. The van der Waals surface area contributed by atoms with Gasteiger partial charge in [-0.3, -0.25) is 9.59 Å².